The van der Waals surface area contributed by atoms with Crippen molar-refractivity contribution in [3.8, 4) is 5.75 Å². The number of methoxy groups -OCH3 is 1. The van der Waals surface area contributed by atoms with E-state index >= 15 is 0 Å². The number of hydrogen-bond acceptors (Lipinski definition) is 4. The molecule has 1 aromatic rings. The van der Waals surface area contributed by atoms with Gasteiger partial charge in [-0.25, -0.2) is 13.1 Å². The molecular formula is C16H25NO4S. The molecule has 1 fully saturated rings. The van der Waals surface area contributed by atoms with Gasteiger partial charge in [-0.05, 0) is 62.3 Å². The lowest BCUT2D eigenvalue weighted by atomic mass is 10.1. The standard InChI is InChI=1S/C16H25NO4S/c1-12-10-16(13(2)9-15(12)20-3)22(18,19)17-7-4-8-21-11-14-5-6-14/h9-10,14,17H,4-8,11H2,1-3H3. The molecule has 0 aromatic heterocycles. The lowest BCUT2D eigenvalue weighted by molar-refractivity contribution is 0.123. The van der Waals surface area contributed by atoms with E-state index in [0.717, 1.165) is 18.1 Å². The largest absolute Gasteiger partial charge is 0.496 e. The van der Waals surface area contributed by atoms with Crippen LogP contribution in [0.15, 0.2) is 17.0 Å². The monoisotopic (exact) mass is 327 g/mol. The van der Waals surface area contributed by atoms with Crippen molar-refractivity contribution in [2.24, 2.45) is 5.92 Å². The smallest absolute Gasteiger partial charge is 0.240 e. The molecule has 1 aliphatic rings. The Morgan fingerprint density at radius 2 is 1.95 bits per heavy atom. The maximum absolute atomic E-state index is 12.4. The lowest BCUT2D eigenvalue weighted by Crippen LogP contribution is -2.26. The Bertz CT molecular complexity index is 609. The summed E-state index contributed by atoms with van der Waals surface area (Å²) in [5.41, 5.74) is 1.49. The van der Waals surface area contributed by atoms with E-state index in [2.05, 4.69) is 4.72 Å². The van der Waals surface area contributed by atoms with Gasteiger partial charge in [-0.1, -0.05) is 0 Å². The van der Waals surface area contributed by atoms with Crippen LogP contribution in [0.3, 0.4) is 0 Å². The van der Waals surface area contributed by atoms with E-state index < -0.39 is 10.0 Å². The Hall–Kier alpha value is -1.11. The first-order valence-electron chi connectivity index (χ1n) is 7.66. The summed E-state index contributed by atoms with van der Waals surface area (Å²) in [6.45, 7) is 5.40. The predicted octanol–water partition coefficient (Wildman–Crippen LogP) is 2.41. The van der Waals surface area contributed by atoms with Crippen LogP contribution in [0.4, 0.5) is 0 Å². The van der Waals surface area contributed by atoms with Crippen LogP contribution in [0.2, 0.25) is 0 Å². The van der Waals surface area contributed by atoms with Crippen molar-refractivity contribution in [2.75, 3.05) is 26.9 Å². The molecule has 0 radical (unpaired) electrons. The number of ether oxygens (including phenoxy) is 2. The predicted molar refractivity (Wildman–Crippen MR) is 85.8 cm³/mol. The Kier molecular flexibility index (Phi) is 5.83. The second-order valence-electron chi connectivity index (χ2n) is 5.86. The molecule has 0 amide bonds. The van der Waals surface area contributed by atoms with Gasteiger partial charge in [0.05, 0.1) is 12.0 Å². The fourth-order valence-electron chi connectivity index (χ4n) is 2.27. The highest BCUT2D eigenvalue weighted by Gasteiger charge is 2.21. The molecule has 5 nitrogen and oxygen atoms in total. The van der Waals surface area contributed by atoms with Crippen molar-refractivity contribution in [3.63, 3.8) is 0 Å². The van der Waals surface area contributed by atoms with Gasteiger partial charge in [-0.15, -0.1) is 0 Å². The summed E-state index contributed by atoms with van der Waals surface area (Å²) >= 11 is 0. The minimum atomic E-state index is -3.49. The summed E-state index contributed by atoms with van der Waals surface area (Å²) in [7, 11) is -1.91. The van der Waals surface area contributed by atoms with Gasteiger partial charge < -0.3 is 9.47 Å². The molecule has 1 saturated carbocycles. The van der Waals surface area contributed by atoms with Crippen LogP contribution in [-0.4, -0.2) is 35.3 Å². The molecular weight excluding hydrogens is 302 g/mol. The first-order valence-corrected chi connectivity index (χ1v) is 9.15. The molecule has 0 saturated heterocycles. The summed E-state index contributed by atoms with van der Waals surface area (Å²) in [5.74, 6) is 1.44. The van der Waals surface area contributed by atoms with E-state index in [1.165, 1.54) is 12.8 Å². The first kappa shape index (κ1) is 17.2. The molecule has 1 N–H and O–H groups in total. The molecule has 124 valence electrons. The van der Waals surface area contributed by atoms with E-state index in [1.807, 2.05) is 6.92 Å². The summed E-state index contributed by atoms with van der Waals surface area (Å²) < 4.78 is 38.1. The summed E-state index contributed by atoms with van der Waals surface area (Å²) in [6.07, 6.45) is 3.21. The molecule has 2 rings (SSSR count). The second-order valence-corrected chi connectivity index (χ2v) is 7.59. The topological polar surface area (TPSA) is 64.6 Å². The molecule has 1 aromatic carbocycles. The van der Waals surface area contributed by atoms with Crippen molar-refractivity contribution >= 4 is 10.0 Å². The van der Waals surface area contributed by atoms with Crippen molar-refractivity contribution in [2.45, 2.75) is 38.0 Å². The third-order valence-corrected chi connectivity index (χ3v) is 5.39. The van der Waals surface area contributed by atoms with Crippen molar-refractivity contribution in [3.05, 3.63) is 23.3 Å². The van der Waals surface area contributed by atoms with E-state index in [0.29, 0.717) is 35.8 Å². The molecule has 0 bridgehead atoms. The van der Waals surface area contributed by atoms with Gasteiger partial charge in [0.25, 0.3) is 0 Å². The van der Waals surface area contributed by atoms with Gasteiger partial charge in [-0.2, -0.15) is 0 Å². The maximum atomic E-state index is 12.4. The van der Waals surface area contributed by atoms with Crippen LogP contribution >= 0.6 is 0 Å². The Morgan fingerprint density at radius 1 is 1.23 bits per heavy atom. The average Bonchev–Trinajstić information content (AvgIpc) is 3.28. The number of sulfonamides is 1. The van der Waals surface area contributed by atoms with Crippen LogP contribution in [0.1, 0.15) is 30.4 Å². The molecule has 1 aliphatic carbocycles. The molecule has 0 spiro atoms. The zero-order valence-electron chi connectivity index (χ0n) is 13.5. The minimum Gasteiger partial charge on any atom is -0.496 e. The number of aryl methyl sites for hydroxylation is 2. The number of benzene rings is 1. The van der Waals surface area contributed by atoms with Gasteiger partial charge in [-0.3, -0.25) is 0 Å². The molecule has 22 heavy (non-hydrogen) atoms. The highest BCUT2D eigenvalue weighted by Crippen LogP contribution is 2.28. The van der Waals surface area contributed by atoms with Crippen molar-refractivity contribution in [1.82, 2.24) is 4.72 Å². The third-order valence-electron chi connectivity index (χ3n) is 3.79. The Labute approximate surface area is 133 Å². The zero-order valence-corrected chi connectivity index (χ0v) is 14.3. The maximum Gasteiger partial charge on any atom is 0.240 e. The van der Waals surface area contributed by atoms with Crippen molar-refractivity contribution in [1.29, 1.82) is 0 Å². The average molecular weight is 327 g/mol. The summed E-state index contributed by atoms with van der Waals surface area (Å²) in [6, 6.07) is 3.41. The lowest BCUT2D eigenvalue weighted by Gasteiger charge is -2.13. The van der Waals surface area contributed by atoms with E-state index in [1.54, 1.807) is 26.2 Å². The SMILES string of the molecule is COc1cc(C)c(S(=O)(=O)NCCCOCC2CC2)cc1C. The highest BCUT2D eigenvalue weighted by molar-refractivity contribution is 7.89. The fraction of sp³-hybridized carbons (Fsp3) is 0.625. The summed E-state index contributed by atoms with van der Waals surface area (Å²) in [4.78, 5) is 0.310. The fourth-order valence-corrected chi connectivity index (χ4v) is 3.65. The highest BCUT2D eigenvalue weighted by atomic mass is 32.2. The van der Waals surface area contributed by atoms with Crippen LogP contribution < -0.4 is 9.46 Å². The Morgan fingerprint density at radius 3 is 2.59 bits per heavy atom. The van der Waals surface area contributed by atoms with Crippen LogP contribution in [0, 0.1) is 19.8 Å². The minimum absolute atomic E-state index is 0.310. The van der Waals surface area contributed by atoms with Gasteiger partial charge in [0.15, 0.2) is 0 Å². The number of rotatable bonds is 9. The normalized spacial score (nSPS) is 15.0. The number of hydrogen-bond donors (Lipinski definition) is 1. The first-order chi connectivity index (χ1) is 10.4. The Balaban J connectivity index is 1.87. The molecule has 0 unspecified atom stereocenters. The van der Waals surface area contributed by atoms with E-state index in [9.17, 15) is 8.42 Å². The zero-order chi connectivity index (χ0) is 16.2. The second kappa shape index (κ2) is 7.44. The van der Waals surface area contributed by atoms with Gasteiger partial charge in [0.2, 0.25) is 10.0 Å². The molecule has 6 heteroatoms. The van der Waals surface area contributed by atoms with Crippen LogP contribution in [0.25, 0.3) is 0 Å². The molecule has 0 atom stereocenters. The van der Waals surface area contributed by atoms with Crippen LogP contribution in [0.5, 0.6) is 5.75 Å². The quantitative estimate of drug-likeness (QED) is 0.707. The third kappa shape index (κ3) is 4.69. The van der Waals surface area contributed by atoms with E-state index in [4.69, 9.17) is 9.47 Å². The van der Waals surface area contributed by atoms with Gasteiger partial charge in [0.1, 0.15) is 5.75 Å². The van der Waals surface area contributed by atoms with Crippen molar-refractivity contribution < 1.29 is 17.9 Å². The van der Waals surface area contributed by atoms with Crippen LogP contribution in [-0.2, 0) is 14.8 Å². The number of nitrogens with one attached hydrogen (secondary N) is 1. The molecule has 0 heterocycles. The van der Waals surface area contributed by atoms with E-state index in [-0.39, 0.29) is 0 Å². The van der Waals surface area contributed by atoms with Gasteiger partial charge in [0, 0.05) is 19.8 Å². The van der Waals surface area contributed by atoms with Gasteiger partial charge >= 0.3 is 0 Å². The molecule has 0 aliphatic heterocycles. The summed E-state index contributed by atoms with van der Waals surface area (Å²) in [5, 5.41) is 0.